The molecular formula is C39H65N5O4. The van der Waals surface area contributed by atoms with Crippen molar-refractivity contribution in [2.75, 3.05) is 32.6 Å². The van der Waals surface area contributed by atoms with E-state index < -0.39 is 11.9 Å². The van der Waals surface area contributed by atoms with Crippen LogP contribution in [-0.4, -0.2) is 64.4 Å². The van der Waals surface area contributed by atoms with Gasteiger partial charge in [-0.3, -0.25) is 4.79 Å². The minimum atomic E-state index is -0.626. The summed E-state index contributed by atoms with van der Waals surface area (Å²) in [5, 5.41) is 19.4. The van der Waals surface area contributed by atoms with Crippen molar-refractivity contribution in [1.82, 2.24) is 20.1 Å². The van der Waals surface area contributed by atoms with Gasteiger partial charge in [-0.25, -0.2) is 9.67 Å². The molecule has 1 aromatic rings. The normalized spacial score (nSPS) is 44.3. The Morgan fingerprint density at radius 2 is 1.85 bits per heavy atom. The van der Waals surface area contributed by atoms with E-state index >= 15 is 0 Å². The summed E-state index contributed by atoms with van der Waals surface area (Å²) in [5.74, 6) is 0.964. The molecule has 1 saturated heterocycles. The van der Waals surface area contributed by atoms with Crippen LogP contribution in [0.15, 0.2) is 18.0 Å². The first-order chi connectivity index (χ1) is 22.3. The molecule has 12 atom stereocenters. The Kier molecular flexibility index (Phi) is 8.81. The minimum absolute atomic E-state index is 0.0534. The van der Waals surface area contributed by atoms with Gasteiger partial charge in [0.15, 0.2) is 0 Å². The van der Waals surface area contributed by atoms with E-state index in [0.717, 1.165) is 38.5 Å². The van der Waals surface area contributed by atoms with Crippen molar-refractivity contribution < 1.29 is 19.4 Å². The molecule has 0 radical (unpaired) electrons. The van der Waals surface area contributed by atoms with Crippen LogP contribution in [0.2, 0.25) is 0 Å². The molecule has 4 aliphatic carbocycles. The zero-order chi connectivity index (χ0) is 35.2. The number of rotatable bonds is 9. The monoisotopic (exact) mass is 668 g/mol. The van der Waals surface area contributed by atoms with Crippen molar-refractivity contribution >= 4 is 11.9 Å². The summed E-state index contributed by atoms with van der Waals surface area (Å²) in [4.78, 5) is 17.9. The Bertz CT molecular complexity index is 1430. The number of nitrogens with zero attached hydrogens (tertiary/aromatic N) is 3. The number of nitrogens with one attached hydrogen (secondary N) is 1. The van der Waals surface area contributed by atoms with Gasteiger partial charge in [0.25, 0.3) is 0 Å². The summed E-state index contributed by atoms with van der Waals surface area (Å²) in [6.45, 7) is 24.9. The second-order valence-electron chi connectivity index (χ2n) is 18.8. The van der Waals surface area contributed by atoms with Gasteiger partial charge in [0.05, 0.1) is 37.9 Å². The number of aromatic nitrogens is 3. The molecule has 6 rings (SSSR count). The SMILES string of the molecule is CN[C@@](C)(CO[C@H]1[C@H](n2cnc(N)n2)C[C@]2(C)COC[C@@]13C1=CC[C@@]4(C)[C@H](C(=O)O)[C@@](C)([C@H](C)C(C)C)CC[C@]4(C)[C@H]1CC[C@H]23)C(C)C. The second-order valence-corrected chi connectivity index (χ2v) is 18.8. The van der Waals surface area contributed by atoms with E-state index in [0.29, 0.717) is 43.5 Å². The third-order valence-electron chi connectivity index (χ3n) is 16.3. The topological polar surface area (TPSA) is 125 Å². The second kappa shape index (κ2) is 11.8. The van der Waals surface area contributed by atoms with Crippen LogP contribution in [0.25, 0.3) is 0 Å². The van der Waals surface area contributed by atoms with Gasteiger partial charge in [0.1, 0.15) is 6.33 Å². The first-order valence-corrected chi connectivity index (χ1v) is 18.8. The molecule has 3 saturated carbocycles. The summed E-state index contributed by atoms with van der Waals surface area (Å²) >= 11 is 0. The molecule has 0 amide bonds. The Morgan fingerprint density at radius 3 is 2.44 bits per heavy atom. The molecule has 9 nitrogen and oxygen atoms in total. The molecule has 0 spiro atoms. The predicted molar refractivity (Wildman–Crippen MR) is 189 cm³/mol. The van der Waals surface area contributed by atoms with Crippen molar-refractivity contribution in [1.29, 1.82) is 0 Å². The first-order valence-electron chi connectivity index (χ1n) is 18.8. The van der Waals surface area contributed by atoms with E-state index in [2.05, 4.69) is 85.6 Å². The van der Waals surface area contributed by atoms with E-state index in [4.69, 9.17) is 20.3 Å². The first kappa shape index (κ1) is 35.8. The molecule has 0 aromatic carbocycles. The number of likely N-dealkylation sites (N-methyl/N-ethyl adjacent to an activating group) is 1. The van der Waals surface area contributed by atoms with Gasteiger partial charge in [-0.15, -0.1) is 5.10 Å². The summed E-state index contributed by atoms with van der Waals surface area (Å²) in [6, 6.07) is -0.0534. The Hall–Kier alpha value is -1.97. The average molecular weight is 668 g/mol. The largest absolute Gasteiger partial charge is 0.481 e. The number of hydrogen-bond acceptors (Lipinski definition) is 7. The summed E-state index contributed by atoms with van der Waals surface area (Å²) in [6.07, 6.45) is 9.85. The van der Waals surface area contributed by atoms with E-state index in [-0.39, 0.29) is 56.6 Å². The fraction of sp³-hybridized carbons (Fsp3) is 0.872. The molecule has 0 unspecified atom stereocenters. The number of nitrogen functional groups attached to an aromatic ring is 1. The van der Waals surface area contributed by atoms with Gasteiger partial charge >= 0.3 is 5.97 Å². The quantitative estimate of drug-likeness (QED) is 0.240. The number of hydrogen-bond donors (Lipinski definition) is 3. The number of carboxylic acids is 1. The number of allylic oxidation sites excluding steroid dienone is 1. The highest BCUT2D eigenvalue weighted by Crippen LogP contribution is 2.75. The Labute approximate surface area is 289 Å². The van der Waals surface area contributed by atoms with Gasteiger partial charge in [-0.1, -0.05) is 74.0 Å². The molecule has 5 aliphatic rings. The van der Waals surface area contributed by atoms with Crippen LogP contribution >= 0.6 is 0 Å². The maximum Gasteiger partial charge on any atom is 0.307 e. The van der Waals surface area contributed by atoms with Gasteiger partial charge in [0, 0.05) is 11.0 Å². The summed E-state index contributed by atoms with van der Waals surface area (Å²) in [5.41, 5.74) is 6.15. The van der Waals surface area contributed by atoms with Gasteiger partial charge in [-0.05, 0) is 104 Å². The van der Waals surface area contributed by atoms with Crippen LogP contribution in [-0.2, 0) is 14.3 Å². The molecule has 270 valence electrons. The maximum atomic E-state index is 13.5. The van der Waals surface area contributed by atoms with E-state index in [1.807, 2.05) is 11.7 Å². The zero-order valence-electron chi connectivity index (χ0n) is 31.7. The third kappa shape index (κ3) is 4.82. The van der Waals surface area contributed by atoms with Crippen molar-refractivity contribution in [2.24, 2.45) is 62.6 Å². The molecule has 1 aromatic heterocycles. The van der Waals surface area contributed by atoms with Crippen LogP contribution in [0.5, 0.6) is 0 Å². The molecule has 4 fully saturated rings. The number of anilines is 1. The van der Waals surface area contributed by atoms with Crippen molar-refractivity contribution in [2.45, 2.75) is 125 Å². The number of fused-ring (bicyclic) bond motifs is 3. The number of carboxylic acid groups (broad SMARTS) is 1. The fourth-order valence-electron chi connectivity index (χ4n) is 12.3. The lowest BCUT2D eigenvalue weighted by Crippen LogP contribution is -2.70. The van der Waals surface area contributed by atoms with Crippen LogP contribution in [0.1, 0.15) is 114 Å². The average Bonchev–Trinajstić information content (AvgIpc) is 3.45. The van der Waals surface area contributed by atoms with Crippen molar-refractivity contribution in [3.05, 3.63) is 18.0 Å². The summed E-state index contributed by atoms with van der Waals surface area (Å²) in [7, 11) is 2.03. The fourth-order valence-corrected chi connectivity index (χ4v) is 12.3. The highest BCUT2D eigenvalue weighted by molar-refractivity contribution is 5.73. The van der Waals surface area contributed by atoms with Crippen molar-refractivity contribution in [3.8, 4) is 0 Å². The van der Waals surface area contributed by atoms with Crippen LogP contribution in [0.3, 0.4) is 0 Å². The van der Waals surface area contributed by atoms with E-state index in [1.165, 1.54) is 5.57 Å². The maximum absolute atomic E-state index is 13.5. The van der Waals surface area contributed by atoms with Crippen LogP contribution < -0.4 is 11.1 Å². The number of aliphatic carboxylic acids is 1. The van der Waals surface area contributed by atoms with Gasteiger partial charge in [-0.2, -0.15) is 0 Å². The molecule has 2 heterocycles. The zero-order valence-corrected chi connectivity index (χ0v) is 31.7. The molecular weight excluding hydrogens is 602 g/mol. The molecule has 1 aliphatic heterocycles. The highest BCUT2D eigenvalue weighted by Gasteiger charge is 2.72. The lowest BCUT2D eigenvalue weighted by molar-refractivity contribution is -0.255. The number of carbonyl (C=O) groups is 1. The van der Waals surface area contributed by atoms with Gasteiger partial charge < -0.3 is 25.6 Å². The lowest BCUT2D eigenvalue weighted by Gasteiger charge is -2.71. The van der Waals surface area contributed by atoms with Crippen LogP contribution in [0, 0.1) is 62.6 Å². The lowest BCUT2D eigenvalue weighted by atomic mass is 9.34. The molecule has 48 heavy (non-hydrogen) atoms. The third-order valence-corrected chi connectivity index (χ3v) is 16.3. The standard InChI is InChI=1S/C39H65N5O4/c1-23(2)25(5)35(7)16-17-36(8)26-12-13-29-34(6)18-28(44-22-42-33(40)43-44)31(48-20-38(10,41-11)24(3)4)39(29,21-47-19-34)27(26)14-15-37(36,9)30(35)32(45)46/h14,22-26,28-31,41H,12-13,15-21H2,1-11H3,(H2,40,43)(H,45,46)/t25-,26+,28-,29-,30-,31+,34-,35-,36-,37+,38+,39+/m1/s1. The molecule has 2 bridgehead atoms. The van der Waals surface area contributed by atoms with E-state index in [9.17, 15) is 9.90 Å². The van der Waals surface area contributed by atoms with Crippen LogP contribution in [0.4, 0.5) is 5.95 Å². The smallest absolute Gasteiger partial charge is 0.307 e. The predicted octanol–water partition coefficient (Wildman–Crippen LogP) is 7.01. The number of nitrogens with two attached hydrogens (primary N) is 1. The minimum Gasteiger partial charge on any atom is -0.481 e. The Morgan fingerprint density at radius 1 is 1.15 bits per heavy atom. The highest BCUT2D eigenvalue weighted by atomic mass is 16.5. The molecule has 4 N–H and O–H groups in total. The van der Waals surface area contributed by atoms with E-state index in [1.54, 1.807) is 6.33 Å². The molecule has 9 heteroatoms. The Balaban J connectivity index is 1.51. The van der Waals surface area contributed by atoms with Gasteiger partial charge in [0.2, 0.25) is 5.95 Å². The number of ether oxygens (including phenoxy) is 2. The van der Waals surface area contributed by atoms with Crippen molar-refractivity contribution in [3.63, 3.8) is 0 Å². The summed E-state index contributed by atoms with van der Waals surface area (Å²) < 4.78 is 16.1.